The third-order valence-electron chi connectivity index (χ3n) is 2.98. The van der Waals surface area contributed by atoms with E-state index >= 15 is 0 Å². The van der Waals surface area contributed by atoms with Crippen molar-refractivity contribution in [2.75, 3.05) is 18.2 Å². The Labute approximate surface area is 149 Å². The van der Waals surface area contributed by atoms with Crippen LogP contribution in [0, 0.1) is 0 Å². The lowest BCUT2D eigenvalue weighted by Gasteiger charge is -2.05. The summed E-state index contributed by atoms with van der Waals surface area (Å²) in [6, 6.07) is 14.5. The Morgan fingerprint density at radius 3 is 2.62 bits per heavy atom. The molecule has 0 atom stereocenters. The van der Waals surface area contributed by atoms with Crippen LogP contribution < -0.4 is 5.32 Å². The van der Waals surface area contributed by atoms with Crippen molar-refractivity contribution in [3.05, 3.63) is 65.2 Å². The van der Waals surface area contributed by atoms with E-state index in [0.29, 0.717) is 10.7 Å². The van der Waals surface area contributed by atoms with E-state index in [1.165, 1.54) is 6.08 Å². The van der Waals surface area contributed by atoms with Gasteiger partial charge in [0.25, 0.3) is 5.91 Å². The first-order valence-electron chi connectivity index (χ1n) is 7.11. The van der Waals surface area contributed by atoms with Crippen LogP contribution in [-0.4, -0.2) is 24.7 Å². The number of ether oxygens (including phenoxy) is 1. The van der Waals surface area contributed by atoms with E-state index < -0.39 is 11.9 Å². The maximum atomic E-state index is 11.7. The van der Waals surface area contributed by atoms with Crippen LogP contribution in [0.3, 0.4) is 0 Å². The van der Waals surface area contributed by atoms with Crippen molar-refractivity contribution in [2.24, 2.45) is 0 Å². The number of rotatable bonds is 6. The molecule has 2 rings (SSSR count). The first-order valence-corrected chi connectivity index (χ1v) is 8.71. The summed E-state index contributed by atoms with van der Waals surface area (Å²) in [4.78, 5) is 24.5. The molecular weight excluding hydrogens is 346 g/mol. The lowest BCUT2D eigenvalue weighted by molar-refractivity contribution is -0.142. The summed E-state index contributed by atoms with van der Waals surface area (Å²) < 4.78 is 4.90. The molecule has 0 aliphatic carbocycles. The molecule has 2 aromatic rings. The molecule has 4 nitrogen and oxygen atoms in total. The molecule has 0 aromatic heterocycles. The molecule has 1 N–H and O–H groups in total. The number of amides is 1. The van der Waals surface area contributed by atoms with E-state index in [9.17, 15) is 9.59 Å². The van der Waals surface area contributed by atoms with Crippen molar-refractivity contribution in [3.8, 4) is 0 Å². The van der Waals surface area contributed by atoms with Gasteiger partial charge in [0.15, 0.2) is 6.61 Å². The molecule has 6 heteroatoms. The predicted octanol–water partition coefficient (Wildman–Crippen LogP) is 4.26. The van der Waals surface area contributed by atoms with Gasteiger partial charge in [-0.3, -0.25) is 4.79 Å². The molecule has 0 saturated carbocycles. The van der Waals surface area contributed by atoms with Gasteiger partial charge < -0.3 is 10.1 Å². The maximum absolute atomic E-state index is 11.7. The summed E-state index contributed by atoms with van der Waals surface area (Å²) >= 11 is 7.47. The number of carbonyl (C=O) groups is 2. The SMILES string of the molecule is CSc1ccc(/C=C/C(=O)OCC(=O)Nc2cccc(Cl)c2)cc1. The zero-order valence-electron chi connectivity index (χ0n) is 13.0. The fraction of sp³-hybridized carbons (Fsp3) is 0.111. The summed E-state index contributed by atoms with van der Waals surface area (Å²) in [6.07, 6.45) is 4.93. The molecule has 1 amide bonds. The van der Waals surface area contributed by atoms with Crippen molar-refractivity contribution in [1.82, 2.24) is 0 Å². The molecule has 0 bridgehead atoms. The Balaban J connectivity index is 1.79. The summed E-state index contributed by atoms with van der Waals surface area (Å²) in [5.41, 5.74) is 1.43. The molecule has 0 unspecified atom stereocenters. The first kappa shape index (κ1) is 18.1. The smallest absolute Gasteiger partial charge is 0.331 e. The van der Waals surface area contributed by atoms with Gasteiger partial charge in [-0.05, 0) is 48.2 Å². The largest absolute Gasteiger partial charge is 0.452 e. The van der Waals surface area contributed by atoms with Gasteiger partial charge in [0.2, 0.25) is 0 Å². The Bertz CT molecular complexity index is 744. The second-order valence-electron chi connectivity index (χ2n) is 4.77. The second-order valence-corrected chi connectivity index (χ2v) is 6.09. The molecule has 0 fully saturated rings. The number of benzene rings is 2. The molecular formula is C18H16ClNO3S. The molecule has 0 radical (unpaired) electrons. The summed E-state index contributed by atoms with van der Waals surface area (Å²) in [5.74, 6) is -1.01. The molecule has 2 aromatic carbocycles. The van der Waals surface area contributed by atoms with Crippen molar-refractivity contribution >= 4 is 47.0 Å². The lowest BCUT2D eigenvalue weighted by atomic mass is 10.2. The van der Waals surface area contributed by atoms with Crippen LogP contribution in [0.25, 0.3) is 6.08 Å². The minimum absolute atomic E-state index is 0.360. The molecule has 124 valence electrons. The number of carbonyl (C=O) groups excluding carboxylic acids is 2. The van der Waals surface area contributed by atoms with Gasteiger partial charge >= 0.3 is 5.97 Å². The molecule has 0 aliphatic heterocycles. The zero-order valence-corrected chi connectivity index (χ0v) is 14.6. The van der Waals surface area contributed by atoms with Crippen LogP contribution in [0.5, 0.6) is 0 Å². The van der Waals surface area contributed by atoms with Crippen LogP contribution >= 0.6 is 23.4 Å². The highest BCUT2D eigenvalue weighted by Crippen LogP contribution is 2.16. The highest BCUT2D eigenvalue weighted by molar-refractivity contribution is 7.98. The maximum Gasteiger partial charge on any atom is 0.331 e. The lowest BCUT2D eigenvalue weighted by Crippen LogP contribution is -2.20. The van der Waals surface area contributed by atoms with Gasteiger partial charge in [-0.2, -0.15) is 0 Å². The minimum atomic E-state index is -0.579. The van der Waals surface area contributed by atoms with Crippen molar-refractivity contribution in [3.63, 3.8) is 0 Å². The first-order chi connectivity index (χ1) is 11.6. The molecule has 24 heavy (non-hydrogen) atoms. The summed E-state index contributed by atoms with van der Waals surface area (Å²) in [7, 11) is 0. The topological polar surface area (TPSA) is 55.4 Å². The zero-order chi connectivity index (χ0) is 17.4. The van der Waals surface area contributed by atoms with Crippen molar-refractivity contribution in [2.45, 2.75) is 4.90 Å². The average molecular weight is 362 g/mol. The van der Waals surface area contributed by atoms with E-state index in [-0.39, 0.29) is 6.61 Å². The minimum Gasteiger partial charge on any atom is -0.452 e. The standard InChI is InChI=1S/C18H16ClNO3S/c1-24-16-8-5-13(6-9-16)7-10-18(22)23-12-17(21)20-15-4-2-3-14(19)11-15/h2-11H,12H2,1H3,(H,20,21)/b10-7+. The number of anilines is 1. The number of hydrogen-bond acceptors (Lipinski definition) is 4. The van der Waals surface area contributed by atoms with Gasteiger partial charge in [-0.15, -0.1) is 11.8 Å². The van der Waals surface area contributed by atoms with Crippen LogP contribution in [-0.2, 0) is 14.3 Å². The predicted molar refractivity (Wildman–Crippen MR) is 98.3 cm³/mol. The molecule has 0 aliphatic rings. The van der Waals surface area contributed by atoms with Crippen molar-refractivity contribution in [1.29, 1.82) is 0 Å². The van der Waals surface area contributed by atoms with Crippen LogP contribution in [0.15, 0.2) is 59.5 Å². The van der Waals surface area contributed by atoms with Gasteiger partial charge in [-0.25, -0.2) is 4.79 Å². The fourth-order valence-corrected chi connectivity index (χ4v) is 2.43. The Hall–Kier alpha value is -2.24. The number of thioether (sulfide) groups is 1. The van der Waals surface area contributed by atoms with E-state index in [4.69, 9.17) is 16.3 Å². The van der Waals surface area contributed by atoms with Crippen LogP contribution in [0.2, 0.25) is 5.02 Å². The highest BCUT2D eigenvalue weighted by Gasteiger charge is 2.06. The van der Waals surface area contributed by atoms with Gasteiger partial charge in [0.05, 0.1) is 0 Å². The normalized spacial score (nSPS) is 10.6. The van der Waals surface area contributed by atoms with Gasteiger partial charge in [-0.1, -0.05) is 29.8 Å². The molecule has 0 saturated heterocycles. The van der Waals surface area contributed by atoms with Gasteiger partial charge in [0.1, 0.15) is 0 Å². The van der Waals surface area contributed by atoms with Crippen LogP contribution in [0.4, 0.5) is 5.69 Å². The Kier molecular flexibility index (Phi) is 6.90. The second kappa shape index (κ2) is 9.15. The molecule has 0 spiro atoms. The monoisotopic (exact) mass is 361 g/mol. The highest BCUT2D eigenvalue weighted by atomic mass is 35.5. The number of halogens is 1. The van der Waals surface area contributed by atoms with Gasteiger partial charge in [0, 0.05) is 21.7 Å². The Morgan fingerprint density at radius 1 is 1.21 bits per heavy atom. The van der Waals surface area contributed by atoms with Crippen LogP contribution in [0.1, 0.15) is 5.56 Å². The third kappa shape index (κ3) is 6.10. The Morgan fingerprint density at radius 2 is 1.96 bits per heavy atom. The summed E-state index contributed by atoms with van der Waals surface area (Å²) in [6.45, 7) is -0.360. The quantitative estimate of drug-likeness (QED) is 0.474. The number of esters is 1. The third-order valence-corrected chi connectivity index (χ3v) is 3.96. The van der Waals surface area contributed by atoms with E-state index in [1.807, 2.05) is 30.5 Å². The average Bonchev–Trinajstić information content (AvgIpc) is 2.58. The number of nitrogens with one attached hydrogen (secondary N) is 1. The van der Waals surface area contributed by atoms with E-state index in [1.54, 1.807) is 42.1 Å². The van der Waals surface area contributed by atoms with E-state index in [2.05, 4.69) is 5.32 Å². The fourth-order valence-electron chi connectivity index (χ4n) is 1.83. The number of hydrogen-bond donors (Lipinski definition) is 1. The van der Waals surface area contributed by atoms with E-state index in [0.717, 1.165) is 10.5 Å². The van der Waals surface area contributed by atoms with Crippen molar-refractivity contribution < 1.29 is 14.3 Å². The molecule has 0 heterocycles. The summed E-state index contributed by atoms with van der Waals surface area (Å²) in [5, 5.41) is 3.11.